The molecular weight excluding hydrogens is 303 g/mol. The number of hydrogen-bond donors (Lipinski definition) is 3. The summed E-state index contributed by atoms with van der Waals surface area (Å²) in [6.07, 6.45) is 0.0396. The third-order valence-electron chi connectivity index (χ3n) is 3.27. The second kappa shape index (κ2) is 5.21. The summed E-state index contributed by atoms with van der Waals surface area (Å²) in [6, 6.07) is 4.67. The van der Waals surface area contributed by atoms with Crippen molar-refractivity contribution in [3.63, 3.8) is 0 Å². The lowest BCUT2D eigenvalue weighted by Gasteiger charge is -2.12. The van der Waals surface area contributed by atoms with Crippen molar-refractivity contribution in [1.82, 2.24) is 20.1 Å². The third-order valence-corrected chi connectivity index (χ3v) is 3.82. The van der Waals surface area contributed by atoms with Gasteiger partial charge in [-0.25, -0.2) is 14.5 Å². The van der Waals surface area contributed by atoms with Crippen molar-refractivity contribution in [3.05, 3.63) is 44.6 Å². The van der Waals surface area contributed by atoms with Crippen molar-refractivity contribution in [2.75, 3.05) is 6.54 Å². The van der Waals surface area contributed by atoms with Crippen LogP contribution in [0, 0.1) is 0 Å². The summed E-state index contributed by atoms with van der Waals surface area (Å²) in [7, 11) is 0. The number of nitrogens with one attached hydrogen (secondary N) is 2. The van der Waals surface area contributed by atoms with Crippen LogP contribution in [0.4, 0.5) is 0 Å². The van der Waals surface area contributed by atoms with E-state index < -0.39 is 11.8 Å². The van der Waals surface area contributed by atoms with Gasteiger partial charge in [0.1, 0.15) is 0 Å². The van der Waals surface area contributed by atoms with Crippen molar-refractivity contribution in [2.24, 2.45) is 0 Å². The topological polar surface area (TPSA) is 82.9 Å². The van der Waals surface area contributed by atoms with Gasteiger partial charge in [0.25, 0.3) is 0 Å². The Kier molecular flexibility index (Phi) is 3.55. The van der Waals surface area contributed by atoms with Crippen LogP contribution >= 0.6 is 23.2 Å². The fourth-order valence-corrected chi connectivity index (χ4v) is 2.72. The van der Waals surface area contributed by atoms with Crippen molar-refractivity contribution in [2.45, 2.75) is 18.6 Å². The summed E-state index contributed by atoms with van der Waals surface area (Å²) in [6.45, 7) is 0.467. The second-order valence-corrected chi connectivity index (χ2v) is 5.51. The molecule has 106 valence electrons. The first-order valence-corrected chi connectivity index (χ1v) is 6.86. The van der Waals surface area contributed by atoms with Gasteiger partial charge in [-0.1, -0.05) is 23.2 Å². The lowest BCUT2D eigenvalue weighted by Crippen LogP contribution is -2.22. The van der Waals surface area contributed by atoms with Gasteiger partial charge in [-0.05, 0) is 24.6 Å². The average Bonchev–Trinajstić information content (AvgIpc) is 2.99. The van der Waals surface area contributed by atoms with Gasteiger partial charge >= 0.3 is 5.69 Å². The smallest absolute Gasteiger partial charge is 0.348 e. The van der Waals surface area contributed by atoms with Gasteiger partial charge < -0.3 is 10.4 Å². The van der Waals surface area contributed by atoms with Gasteiger partial charge in [0.05, 0.1) is 22.9 Å². The molecule has 1 aromatic carbocycles. The zero-order chi connectivity index (χ0) is 14.3. The number of halogens is 2. The summed E-state index contributed by atoms with van der Waals surface area (Å²) >= 11 is 12.1. The summed E-state index contributed by atoms with van der Waals surface area (Å²) in [5.74, 6) is 0.482. The molecule has 2 aromatic rings. The van der Waals surface area contributed by atoms with E-state index in [0.29, 0.717) is 34.5 Å². The van der Waals surface area contributed by atoms with Crippen LogP contribution in [-0.2, 0) is 0 Å². The van der Waals surface area contributed by atoms with Gasteiger partial charge in [-0.2, -0.15) is 5.10 Å². The molecule has 0 aliphatic carbocycles. The summed E-state index contributed by atoms with van der Waals surface area (Å²) in [4.78, 5) is 12.0. The number of aliphatic hydroxyl groups excluding tert-OH is 1. The lowest BCUT2D eigenvalue weighted by atomic mass is 10.2. The first-order valence-electron chi connectivity index (χ1n) is 6.10. The number of aromatic nitrogens is 3. The number of benzene rings is 1. The molecule has 0 saturated carbocycles. The molecule has 3 N–H and O–H groups in total. The first-order chi connectivity index (χ1) is 9.56. The Labute approximate surface area is 124 Å². The molecule has 8 heteroatoms. The minimum absolute atomic E-state index is 0.209. The Hall–Kier alpha value is -1.34. The molecule has 0 spiro atoms. The van der Waals surface area contributed by atoms with Crippen molar-refractivity contribution in [3.8, 4) is 5.69 Å². The van der Waals surface area contributed by atoms with Crippen LogP contribution < -0.4 is 11.0 Å². The van der Waals surface area contributed by atoms with Gasteiger partial charge in [0.2, 0.25) is 0 Å². The maximum atomic E-state index is 12.0. The second-order valence-electron chi connectivity index (χ2n) is 4.67. The number of β-amino-alcohol motifs (C(OH)–C–C–N with tert-alkyl or cyclic N) is 1. The highest BCUT2D eigenvalue weighted by Crippen LogP contribution is 2.27. The van der Waals surface area contributed by atoms with E-state index in [0.717, 1.165) is 0 Å². The highest BCUT2D eigenvalue weighted by molar-refractivity contribution is 6.34. The maximum absolute atomic E-state index is 12.0. The average molecular weight is 315 g/mol. The Morgan fingerprint density at radius 3 is 2.90 bits per heavy atom. The minimum Gasteiger partial charge on any atom is -0.392 e. The monoisotopic (exact) mass is 314 g/mol. The number of rotatable bonds is 2. The number of H-pyrrole nitrogens is 1. The lowest BCUT2D eigenvalue weighted by molar-refractivity contribution is 0.193. The zero-order valence-electron chi connectivity index (χ0n) is 10.3. The zero-order valence-corrected chi connectivity index (χ0v) is 11.8. The summed E-state index contributed by atoms with van der Waals surface area (Å²) in [5.41, 5.74) is 0.0727. The number of nitrogens with zero attached hydrogens (tertiary/aromatic N) is 2. The highest BCUT2D eigenvalue weighted by atomic mass is 35.5. The summed E-state index contributed by atoms with van der Waals surface area (Å²) in [5, 5.41) is 20.0. The Morgan fingerprint density at radius 2 is 2.20 bits per heavy atom. The van der Waals surface area contributed by atoms with E-state index in [1.807, 2.05) is 0 Å². The van der Waals surface area contributed by atoms with Crippen LogP contribution in [0.25, 0.3) is 5.69 Å². The fourth-order valence-electron chi connectivity index (χ4n) is 2.35. The van der Waals surface area contributed by atoms with Gasteiger partial charge in [0.15, 0.2) is 5.82 Å². The summed E-state index contributed by atoms with van der Waals surface area (Å²) < 4.78 is 1.38. The van der Waals surface area contributed by atoms with Crippen LogP contribution in [0.3, 0.4) is 0 Å². The molecule has 2 heterocycles. The van der Waals surface area contributed by atoms with Crippen LogP contribution in [0.2, 0.25) is 10.0 Å². The molecular formula is C12H12Cl2N4O2. The normalized spacial score (nSPS) is 22.4. The molecule has 0 radical (unpaired) electrons. The minimum atomic E-state index is -0.449. The van der Waals surface area contributed by atoms with Crippen molar-refractivity contribution < 1.29 is 5.11 Å². The van der Waals surface area contributed by atoms with Crippen LogP contribution in [0.1, 0.15) is 18.3 Å². The molecule has 1 aromatic heterocycles. The van der Waals surface area contributed by atoms with Gasteiger partial charge in [-0.15, -0.1) is 0 Å². The third kappa shape index (κ3) is 2.35. The van der Waals surface area contributed by atoms with Crippen molar-refractivity contribution in [1.29, 1.82) is 0 Å². The molecule has 0 amide bonds. The molecule has 1 aliphatic rings. The standard InChI is InChI=1S/C12H12Cl2N4O2/c13-6-1-2-8(14)10(3-6)18-11(16-17-12(18)20)9-4-7(19)5-15-9/h1-3,7,9,15,19H,4-5H2,(H,17,20)/t7-,9+/m1/s1. The van der Waals surface area contributed by atoms with E-state index in [1.54, 1.807) is 18.2 Å². The Bertz CT molecular complexity index is 697. The molecule has 1 fully saturated rings. The molecule has 1 aliphatic heterocycles. The highest BCUT2D eigenvalue weighted by Gasteiger charge is 2.29. The molecule has 1 saturated heterocycles. The van der Waals surface area contributed by atoms with Gasteiger partial charge in [0, 0.05) is 11.6 Å². The molecule has 20 heavy (non-hydrogen) atoms. The number of aliphatic hydroxyl groups is 1. The van der Waals surface area contributed by atoms with E-state index in [4.69, 9.17) is 23.2 Å². The Morgan fingerprint density at radius 1 is 1.40 bits per heavy atom. The maximum Gasteiger partial charge on any atom is 0.348 e. The van der Waals surface area contributed by atoms with E-state index in [2.05, 4.69) is 15.5 Å². The predicted molar refractivity (Wildman–Crippen MR) is 75.6 cm³/mol. The number of hydrogen-bond acceptors (Lipinski definition) is 4. The molecule has 0 unspecified atom stereocenters. The van der Waals surface area contributed by atoms with E-state index in [1.165, 1.54) is 4.57 Å². The van der Waals surface area contributed by atoms with E-state index in [-0.39, 0.29) is 6.04 Å². The quantitative estimate of drug-likeness (QED) is 0.779. The van der Waals surface area contributed by atoms with E-state index >= 15 is 0 Å². The fraction of sp³-hybridized carbons (Fsp3) is 0.333. The molecule has 0 bridgehead atoms. The van der Waals surface area contributed by atoms with Crippen LogP contribution in [-0.4, -0.2) is 32.5 Å². The van der Waals surface area contributed by atoms with E-state index in [9.17, 15) is 9.90 Å². The SMILES string of the molecule is O=c1[nH]nc([C@@H]2C[C@@H](O)CN2)n1-c1cc(Cl)ccc1Cl. The molecule has 6 nitrogen and oxygen atoms in total. The predicted octanol–water partition coefficient (Wildman–Crippen LogP) is 1.26. The van der Waals surface area contributed by atoms with Crippen molar-refractivity contribution >= 4 is 23.2 Å². The van der Waals surface area contributed by atoms with Gasteiger partial charge in [-0.3, -0.25) is 0 Å². The van der Waals surface area contributed by atoms with Crippen LogP contribution in [0.5, 0.6) is 0 Å². The largest absolute Gasteiger partial charge is 0.392 e. The molecule has 3 rings (SSSR count). The van der Waals surface area contributed by atoms with Crippen LogP contribution in [0.15, 0.2) is 23.0 Å². The first kappa shape index (κ1) is 13.6. The molecule has 2 atom stereocenters. The number of aromatic amines is 1. The Balaban J connectivity index is 2.12.